The van der Waals surface area contributed by atoms with E-state index in [2.05, 4.69) is 36.5 Å². The number of carbonyl (C=O) groups excluding carboxylic acids is 1. The molecule has 23 heavy (non-hydrogen) atoms. The highest BCUT2D eigenvalue weighted by Gasteiger charge is 2.40. The van der Waals surface area contributed by atoms with Gasteiger partial charge >= 0.3 is 0 Å². The third kappa shape index (κ3) is 3.87. The molecule has 0 spiro atoms. The highest BCUT2D eigenvalue weighted by atomic mass is 35.5. The van der Waals surface area contributed by atoms with E-state index in [1.54, 1.807) is 0 Å². The Morgan fingerprint density at radius 3 is 2.70 bits per heavy atom. The molecule has 1 saturated carbocycles. The Morgan fingerprint density at radius 2 is 2.09 bits per heavy atom. The van der Waals surface area contributed by atoms with Crippen molar-refractivity contribution in [2.24, 2.45) is 5.73 Å². The lowest BCUT2D eigenvalue weighted by Gasteiger charge is -2.32. The molecule has 3 N–H and O–H groups in total. The molecule has 1 aromatic carbocycles. The Kier molecular flexibility index (Phi) is 6.06. The van der Waals surface area contributed by atoms with E-state index in [9.17, 15) is 4.79 Å². The molecule has 128 valence electrons. The molecule has 2 aliphatic rings. The summed E-state index contributed by atoms with van der Waals surface area (Å²) in [5.74, 6) is 0.0272. The topological polar surface area (TPSA) is 64.4 Å². The predicted molar refractivity (Wildman–Crippen MR) is 93.7 cm³/mol. The summed E-state index contributed by atoms with van der Waals surface area (Å²) in [5, 5.41) is 3.32. The zero-order chi connectivity index (χ0) is 15.6. The van der Waals surface area contributed by atoms with E-state index in [4.69, 9.17) is 10.5 Å². The molecule has 1 aliphatic carbocycles. The highest BCUT2D eigenvalue weighted by molar-refractivity contribution is 5.85. The van der Waals surface area contributed by atoms with Crippen molar-refractivity contribution in [2.75, 3.05) is 6.54 Å². The zero-order valence-electron chi connectivity index (χ0n) is 13.7. The molecular weight excluding hydrogens is 312 g/mol. The van der Waals surface area contributed by atoms with E-state index in [-0.39, 0.29) is 36.1 Å². The summed E-state index contributed by atoms with van der Waals surface area (Å²) in [4.78, 5) is 12.6. The third-order valence-electron chi connectivity index (χ3n) is 5.05. The normalized spacial score (nSPS) is 25.8. The van der Waals surface area contributed by atoms with Crippen LogP contribution in [0.2, 0.25) is 0 Å². The van der Waals surface area contributed by atoms with E-state index in [1.165, 1.54) is 11.1 Å². The van der Waals surface area contributed by atoms with E-state index < -0.39 is 0 Å². The van der Waals surface area contributed by atoms with Crippen molar-refractivity contribution in [2.45, 2.75) is 63.2 Å². The predicted octanol–water partition coefficient (Wildman–Crippen LogP) is 2.81. The first-order chi connectivity index (χ1) is 10.6. The number of halogens is 1. The molecule has 0 radical (unpaired) electrons. The number of aryl methyl sites for hydroxylation is 1. The molecule has 1 aromatic rings. The van der Waals surface area contributed by atoms with Crippen molar-refractivity contribution in [3.8, 4) is 0 Å². The molecule has 3 rings (SSSR count). The Labute approximate surface area is 144 Å². The maximum absolute atomic E-state index is 12.6. The molecular formula is C18H27ClN2O2. The average Bonchev–Trinajstić information content (AvgIpc) is 3.17. The van der Waals surface area contributed by atoms with Gasteiger partial charge in [0.25, 0.3) is 0 Å². The van der Waals surface area contributed by atoms with E-state index in [1.807, 2.05) is 0 Å². The molecule has 0 bridgehead atoms. The summed E-state index contributed by atoms with van der Waals surface area (Å²) in [5.41, 5.74) is 7.88. The number of nitrogens with one attached hydrogen (secondary N) is 1. The first-order valence-electron chi connectivity index (χ1n) is 8.38. The van der Waals surface area contributed by atoms with Crippen LogP contribution < -0.4 is 11.1 Å². The van der Waals surface area contributed by atoms with Crippen molar-refractivity contribution in [1.29, 1.82) is 0 Å². The lowest BCUT2D eigenvalue weighted by atomic mass is 9.87. The fraction of sp³-hybridized carbons (Fsp3) is 0.611. The molecule has 2 atom stereocenters. The van der Waals surface area contributed by atoms with Crippen LogP contribution in [0.1, 0.15) is 49.7 Å². The Hall–Kier alpha value is -1.10. The fourth-order valence-corrected chi connectivity index (χ4v) is 3.80. The van der Waals surface area contributed by atoms with Gasteiger partial charge in [-0.2, -0.15) is 0 Å². The first kappa shape index (κ1) is 18.2. The SMILES string of the molecule is Cc1cccc(C2(NC(=O)[C@@H]3CC[C@H](CN)O3)CCCC2)c1.Cl. The van der Waals surface area contributed by atoms with Gasteiger partial charge in [-0.3, -0.25) is 4.79 Å². The number of rotatable bonds is 4. The second-order valence-corrected chi connectivity index (χ2v) is 6.71. The highest BCUT2D eigenvalue weighted by Crippen LogP contribution is 2.39. The van der Waals surface area contributed by atoms with Gasteiger partial charge in [0, 0.05) is 6.54 Å². The van der Waals surface area contributed by atoms with Gasteiger partial charge in [0.2, 0.25) is 5.91 Å². The van der Waals surface area contributed by atoms with Crippen LogP contribution in [-0.2, 0) is 15.1 Å². The minimum absolute atomic E-state index is 0. The van der Waals surface area contributed by atoms with Crippen LogP contribution >= 0.6 is 12.4 Å². The van der Waals surface area contributed by atoms with Gasteiger partial charge in [-0.25, -0.2) is 0 Å². The minimum Gasteiger partial charge on any atom is -0.364 e. The molecule has 4 nitrogen and oxygen atoms in total. The van der Waals surface area contributed by atoms with Crippen molar-refractivity contribution in [3.63, 3.8) is 0 Å². The van der Waals surface area contributed by atoms with E-state index in [0.29, 0.717) is 6.54 Å². The van der Waals surface area contributed by atoms with Crippen LogP contribution in [0.25, 0.3) is 0 Å². The second kappa shape index (κ2) is 7.65. The van der Waals surface area contributed by atoms with Gasteiger partial charge in [-0.15, -0.1) is 12.4 Å². The van der Waals surface area contributed by atoms with Crippen LogP contribution in [0.4, 0.5) is 0 Å². The van der Waals surface area contributed by atoms with Gasteiger partial charge in [0.05, 0.1) is 11.6 Å². The van der Waals surface area contributed by atoms with Crippen molar-refractivity contribution in [3.05, 3.63) is 35.4 Å². The summed E-state index contributed by atoms with van der Waals surface area (Å²) >= 11 is 0. The molecule has 0 unspecified atom stereocenters. The number of amides is 1. The molecule has 1 saturated heterocycles. The van der Waals surface area contributed by atoms with Crippen LogP contribution in [-0.4, -0.2) is 24.7 Å². The van der Waals surface area contributed by atoms with Gasteiger partial charge < -0.3 is 15.8 Å². The second-order valence-electron chi connectivity index (χ2n) is 6.71. The first-order valence-corrected chi connectivity index (χ1v) is 8.38. The van der Waals surface area contributed by atoms with Crippen LogP contribution in [0.15, 0.2) is 24.3 Å². The number of ether oxygens (including phenoxy) is 1. The summed E-state index contributed by atoms with van der Waals surface area (Å²) in [6.07, 6.45) is 5.69. The fourth-order valence-electron chi connectivity index (χ4n) is 3.80. The Bertz CT molecular complexity index is 544. The molecule has 0 aromatic heterocycles. The zero-order valence-corrected chi connectivity index (χ0v) is 14.5. The van der Waals surface area contributed by atoms with Gasteiger partial charge in [0.1, 0.15) is 6.10 Å². The lowest BCUT2D eigenvalue weighted by Crippen LogP contribution is -2.48. The van der Waals surface area contributed by atoms with Crippen LogP contribution in [0, 0.1) is 6.92 Å². The minimum atomic E-state index is -0.337. The smallest absolute Gasteiger partial charge is 0.249 e. The summed E-state index contributed by atoms with van der Waals surface area (Å²) in [7, 11) is 0. The van der Waals surface area contributed by atoms with Gasteiger partial charge in [0.15, 0.2) is 0 Å². The molecule has 2 fully saturated rings. The van der Waals surface area contributed by atoms with Crippen molar-refractivity contribution < 1.29 is 9.53 Å². The number of hydrogen-bond acceptors (Lipinski definition) is 3. The van der Waals surface area contributed by atoms with E-state index >= 15 is 0 Å². The van der Waals surface area contributed by atoms with Gasteiger partial charge in [-0.05, 0) is 38.2 Å². The van der Waals surface area contributed by atoms with Crippen LogP contribution in [0.3, 0.4) is 0 Å². The summed E-state index contributed by atoms with van der Waals surface area (Å²) < 4.78 is 5.75. The quantitative estimate of drug-likeness (QED) is 0.887. The van der Waals surface area contributed by atoms with Crippen molar-refractivity contribution in [1.82, 2.24) is 5.32 Å². The number of carbonyl (C=O) groups is 1. The van der Waals surface area contributed by atoms with E-state index in [0.717, 1.165) is 38.5 Å². The standard InChI is InChI=1S/C18H26N2O2.ClH/c1-13-5-4-6-14(11-13)18(9-2-3-10-18)20-17(21)16-8-7-15(12-19)22-16;/h4-6,11,15-16H,2-3,7-10,12,19H2,1H3,(H,20,21);1H/t15-,16+;/m1./s1. The molecule has 1 amide bonds. The summed E-state index contributed by atoms with van der Waals surface area (Å²) in [6.45, 7) is 2.59. The largest absolute Gasteiger partial charge is 0.364 e. The summed E-state index contributed by atoms with van der Waals surface area (Å²) in [6, 6.07) is 8.51. The number of nitrogens with two attached hydrogens (primary N) is 1. The lowest BCUT2D eigenvalue weighted by molar-refractivity contribution is -0.134. The molecule has 5 heteroatoms. The van der Waals surface area contributed by atoms with Crippen LogP contribution in [0.5, 0.6) is 0 Å². The van der Waals surface area contributed by atoms with Crippen molar-refractivity contribution >= 4 is 18.3 Å². The third-order valence-corrected chi connectivity index (χ3v) is 5.05. The number of hydrogen-bond donors (Lipinski definition) is 2. The average molecular weight is 339 g/mol. The Balaban J connectivity index is 0.00000192. The monoisotopic (exact) mass is 338 g/mol. The maximum atomic E-state index is 12.6. The maximum Gasteiger partial charge on any atom is 0.249 e. The molecule has 1 heterocycles. The van der Waals surface area contributed by atoms with Gasteiger partial charge in [-0.1, -0.05) is 42.7 Å². The number of benzene rings is 1. The Morgan fingerprint density at radius 1 is 1.35 bits per heavy atom. The molecule has 1 aliphatic heterocycles.